The van der Waals surface area contributed by atoms with Crippen LogP contribution in [-0.4, -0.2) is 10.8 Å². The third-order valence-electron chi connectivity index (χ3n) is 4.60. The van der Waals surface area contributed by atoms with E-state index in [1.54, 1.807) is 12.2 Å². The molecular weight excluding hydrogens is 414 g/mol. The Morgan fingerprint density at radius 3 is 2.54 bits per heavy atom. The van der Waals surface area contributed by atoms with Gasteiger partial charge < -0.3 is 4.42 Å². The van der Waals surface area contributed by atoms with Crippen molar-refractivity contribution < 1.29 is 9.21 Å². The van der Waals surface area contributed by atoms with E-state index >= 15 is 0 Å². The minimum absolute atomic E-state index is 0.0974. The second-order valence-electron chi connectivity index (χ2n) is 6.62. The molecule has 2 aromatic carbocycles. The van der Waals surface area contributed by atoms with E-state index in [0.717, 1.165) is 32.3 Å². The lowest BCUT2D eigenvalue weighted by atomic mass is 9.92. The quantitative estimate of drug-likeness (QED) is 0.264. The van der Waals surface area contributed by atoms with E-state index in [1.165, 1.54) is 0 Å². The van der Waals surface area contributed by atoms with Gasteiger partial charge in [0.1, 0.15) is 11.5 Å². The van der Waals surface area contributed by atoms with Crippen LogP contribution in [-0.2, 0) is 0 Å². The number of carbonyl (C=O) groups excluding carboxylic acids is 1. The number of aromatic nitrogens is 1. The highest BCUT2D eigenvalue weighted by Gasteiger charge is 2.19. The number of rotatable bonds is 4. The van der Waals surface area contributed by atoms with Crippen molar-refractivity contribution in [3.8, 4) is 11.1 Å². The van der Waals surface area contributed by atoms with Crippen LogP contribution in [0.5, 0.6) is 0 Å². The summed E-state index contributed by atoms with van der Waals surface area (Å²) in [5.41, 5.74) is 4.06. The van der Waals surface area contributed by atoms with E-state index in [0.29, 0.717) is 17.0 Å². The molecule has 0 radical (unpaired) electrons. The molecular formula is C24H18BrNO2. The molecule has 0 spiro atoms. The van der Waals surface area contributed by atoms with E-state index < -0.39 is 0 Å². The average Bonchev–Trinajstić information content (AvgIpc) is 3.11. The zero-order valence-corrected chi connectivity index (χ0v) is 17.2. The fourth-order valence-corrected chi connectivity index (χ4v) is 3.71. The van der Waals surface area contributed by atoms with Crippen LogP contribution in [0.25, 0.3) is 28.1 Å². The van der Waals surface area contributed by atoms with Crippen LogP contribution in [0.4, 0.5) is 0 Å². The Morgan fingerprint density at radius 1 is 1.04 bits per heavy atom. The Labute approximate surface area is 171 Å². The third kappa shape index (κ3) is 3.56. The highest BCUT2D eigenvalue weighted by atomic mass is 79.9. The molecule has 2 heterocycles. The molecule has 0 saturated carbocycles. The molecule has 4 aromatic rings. The minimum Gasteiger partial charge on any atom is -0.462 e. The van der Waals surface area contributed by atoms with E-state index in [4.69, 9.17) is 4.42 Å². The van der Waals surface area contributed by atoms with Crippen molar-refractivity contribution in [2.24, 2.45) is 0 Å². The van der Waals surface area contributed by atoms with Crippen molar-refractivity contribution in [2.75, 3.05) is 0 Å². The summed E-state index contributed by atoms with van der Waals surface area (Å²) in [5.74, 6) is 1.37. The van der Waals surface area contributed by atoms with E-state index in [-0.39, 0.29) is 5.78 Å². The highest BCUT2D eigenvalue weighted by molar-refractivity contribution is 9.10. The molecule has 138 valence electrons. The van der Waals surface area contributed by atoms with Gasteiger partial charge in [-0.2, -0.15) is 0 Å². The number of furan rings is 1. The van der Waals surface area contributed by atoms with Gasteiger partial charge in [-0.15, -0.1) is 0 Å². The Morgan fingerprint density at radius 2 is 1.82 bits per heavy atom. The normalized spacial score (nSPS) is 11.4. The maximum Gasteiger partial charge on any atom is 0.188 e. The zero-order chi connectivity index (χ0) is 19.7. The van der Waals surface area contributed by atoms with E-state index in [9.17, 15) is 4.79 Å². The minimum atomic E-state index is -0.0974. The first-order valence-corrected chi connectivity index (χ1v) is 9.76. The summed E-state index contributed by atoms with van der Waals surface area (Å²) in [6.07, 6.45) is 3.26. The molecule has 28 heavy (non-hydrogen) atoms. The summed E-state index contributed by atoms with van der Waals surface area (Å²) in [4.78, 5) is 17.9. The average molecular weight is 432 g/mol. The molecule has 2 aromatic heterocycles. The number of carbonyl (C=O) groups is 1. The SMILES string of the molecule is Cc1ccc(/C=C/C(=O)c2c(C)nc3ccc(Br)cc3c2-c2ccccc2)o1. The number of halogens is 1. The lowest BCUT2D eigenvalue weighted by molar-refractivity contribution is 0.104. The van der Waals surface area contributed by atoms with Crippen LogP contribution in [0.15, 0.2) is 75.6 Å². The lowest BCUT2D eigenvalue weighted by Crippen LogP contribution is -2.05. The predicted octanol–water partition coefficient (Wildman–Crippen LogP) is 6.77. The molecule has 0 fully saturated rings. The van der Waals surface area contributed by atoms with Gasteiger partial charge in [-0.25, -0.2) is 0 Å². The topological polar surface area (TPSA) is 43.1 Å². The number of hydrogen-bond acceptors (Lipinski definition) is 3. The third-order valence-corrected chi connectivity index (χ3v) is 5.09. The van der Waals surface area contributed by atoms with Gasteiger partial charge in [-0.3, -0.25) is 9.78 Å². The van der Waals surface area contributed by atoms with Gasteiger partial charge in [0.25, 0.3) is 0 Å². The number of ketones is 1. The van der Waals surface area contributed by atoms with Crippen LogP contribution < -0.4 is 0 Å². The second kappa shape index (κ2) is 7.56. The van der Waals surface area contributed by atoms with Crippen molar-refractivity contribution in [3.63, 3.8) is 0 Å². The number of allylic oxidation sites excluding steroid dienone is 1. The highest BCUT2D eigenvalue weighted by Crippen LogP contribution is 2.35. The van der Waals surface area contributed by atoms with Crippen LogP contribution in [0.1, 0.15) is 27.6 Å². The van der Waals surface area contributed by atoms with Gasteiger partial charge in [-0.05, 0) is 61.9 Å². The molecule has 0 N–H and O–H groups in total. The number of fused-ring (bicyclic) bond motifs is 1. The number of benzene rings is 2. The zero-order valence-electron chi connectivity index (χ0n) is 15.6. The Kier molecular flexibility index (Phi) is 4.97. The molecule has 0 aliphatic rings. The molecule has 0 aliphatic heterocycles. The number of nitrogens with zero attached hydrogens (tertiary/aromatic N) is 1. The molecule has 0 atom stereocenters. The van der Waals surface area contributed by atoms with Gasteiger partial charge in [-0.1, -0.05) is 46.3 Å². The molecule has 0 unspecified atom stereocenters. The van der Waals surface area contributed by atoms with Gasteiger partial charge in [0.05, 0.1) is 11.1 Å². The Balaban J connectivity index is 1.93. The van der Waals surface area contributed by atoms with Crippen molar-refractivity contribution >= 4 is 38.7 Å². The van der Waals surface area contributed by atoms with Gasteiger partial charge in [0.15, 0.2) is 5.78 Å². The number of hydrogen-bond donors (Lipinski definition) is 0. The molecule has 3 nitrogen and oxygen atoms in total. The Bertz CT molecular complexity index is 1210. The fraction of sp³-hybridized carbons (Fsp3) is 0.0833. The van der Waals surface area contributed by atoms with Gasteiger partial charge in [0, 0.05) is 21.1 Å². The molecule has 0 amide bonds. The van der Waals surface area contributed by atoms with E-state index in [1.807, 2.05) is 74.5 Å². The van der Waals surface area contributed by atoms with E-state index in [2.05, 4.69) is 20.9 Å². The van der Waals surface area contributed by atoms with Crippen LogP contribution in [0.2, 0.25) is 0 Å². The summed E-state index contributed by atoms with van der Waals surface area (Å²) >= 11 is 3.54. The second-order valence-corrected chi connectivity index (χ2v) is 7.54. The first kappa shape index (κ1) is 18.4. The lowest BCUT2D eigenvalue weighted by Gasteiger charge is -2.14. The fourth-order valence-electron chi connectivity index (χ4n) is 3.35. The Hall–Kier alpha value is -2.98. The standard InChI is InChI=1S/C24H18BrNO2/c1-15-8-10-19(28-15)11-13-22(27)23-16(2)26-21-12-9-18(25)14-20(21)24(23)17-6-4-3-5-7-17/h3-14H,1-2H3/b13-11+. The predicted molar refractivity (Wildman–Crippen MR) is 116 cm³/mol. The van der Waals surface area contributed by atoms with Gasteiger partial charge >= 0.3 is 0 Å². The molecule has 4 rings (SSSR count). The first-order chi connectivity index (χ1) is 13.5. The largest absolute Gasteiger partial charge is 0.462 e. The summed E-state index contributed by atoms with van der Waals surface area (Å²) in [5, 5.41) is 0.941. The van der Waals surface area contributed by atoms with Crippen molar-refractivity contribution in [3.05, 3.63) is 94.0 Å². The smallest absolute Gasteiger partial charge is 0.188 e. The summed E-state index contributed by atoms with van der Waals surface area (Å²) in [6, 6.07) is 19.6. The first-order valence-electron chi connectivity index (χ1n) is 8.97. The summed E-state index contributed by atoms with van der Waals surface area (Å²) in [7, 11) is 0. The molecule has 4 heteroatoms. The number of pyridine rings is 1. The van der Waals surface area contributed by atoms with Crippen molar-refractivity contribution in [1.29, 1.82) is 0 Å². The van der Waals surface area contributed by atoms with Crippen LogP contribution >= 0.6 is 15.9 Å². The number of aryl methyl sites for hydroxylation is 2. The molecule has 0 aliphatic carbocycles. The maximum absolute atomic E-state index is 13.2. The maximum atomic E-state index is 13.2. The molecule has 0 saturated heterocycles. The van der Waals surface area contributed by atoms with Crippen LogP contribution in [0, 0.1) is 13.8 Å². The van der Waals surface area contributed by atoms with Crippen molar-refractivity contribution in [1.82, 2.24) is 4.98 Å². The molecule has 0 bridgehead atoms. The summed E-state index contributed by atoms with van der Waals surface area (Å²) in [6.45, 7) is 3.76. The summed E-state index contributed by atoms with van der Waals surface area (Å²) < 4.78 is 6.49. The van der Waals surface area contributed by atoms with Crippen molar-refractivity contribution in [2.45, 2.75) is 13.8 Å². The monoisotopic (exact) mass is 431 g/mol. The van der Waals surface area contributed by atoms with Gasteiger partial charge in [0.2, 0.25) is 0 Å². The van der Waals surface area contributed by atoms with Crippen LogP contribution in [0.3, 0.4) is 0 Å².